The second-order valence-corrected chi connectivity index (χ2v) is 4.89. The van der Waals surface area contributed by atoms with E-state index in [1.807, 2.05) is 61.5 Å². The van der Waals surface area contributed by atoms with Crippen molar-refractivity contribution in [2.45, 2.75) is 13.3 Å². The zero-order chi connectivity index (χ0) is 14.4. The molecular formula is C16H16N2OS. The van der Waals surface area contributed by atoms with Crippen molar-refractivity contribution in [2.75, 3.05) is 5.32 Å². The Labute approximate surface area is 124 Å². The maximum Gasteiger partial charge on any atom is 0.230 e. The third-order valence-corrected chi connectivity index (χ3v) is 3.06. The predicted molar refractivity (Wildman–Crippen MR) is 85.7 cm³/mol. The molecule has 0 aliphatic rings. The van der Waals surface area contributed by atoms with E-state index in [4.69, 9.17) is 12.2 Å². The van der Waals surface area contributed by atoms with Crippen LogP contribution in [0.15, 0.2) is 54.6 Å². The first kappa shape index (κ1) is 14.2. The fourth-order valence-electron chi connectivity index (χ4n) is 1.82. The lowest BCUT2D eigenvalue weighted by Gasteiger charge is -2.11. The van der Waals surface area contributed by atoms with Gasteiger partial charge in [0.05, 0.1) is 6.42 Å². The molecular weight excluding hydrogens is 268 g/mol. The quantitative estimate of drug-likeness (QED) is 0.851. The molecule has 2 N–H and O–H groups in total. The maximum atomic E-state index is 11.9. The highest BCUT2D eigenvalue weighted by molar-refractivity contribution is 7.80. The van der Waals surface area contributed by atoms with E-state index < -0.39 is 0 Å². The van der Waals surface area contributed by atoms with Crippen molar-refractivity contribution in [1.29, 1.82) is 0 Å². The molecule has 0 spiro atoms. The molecule has 0 saturated heterocycles. The number of amides is 1. The molecule has 102 valence electrons. The average Bonchev–Trinajstić information content (AvgIpc) is 2.42. The van der Waals surface area contributed by atoms with Crippen molar-refractivity contribution in [3.8, 4) is 0 Å². The normalized spacial score (nSPS) is 9.85. The molecule has 2 aromatic carbocycles. The first-order chi connectivity index (χ1) is 9.65. The second-order valence-electron chi connectivity index (χ2n) is 4.48. The SMILES string of the molecule is Cc1ccccc1NC(=S)NC(=O)Cc1ccccc1. The van der Waals surface area contributed by atoms with Gasteiger partial charge in [0.25, 0.3) is 0 Å². The van der Waals surface area contributed by atoms with Crippen molar-refractivity contribution in [1.82, 2.24) is 5.32 Å². The Kier molecular flexibility index (Phi) is 4.85. The minimum atomic E-state index is -0.123. The van der Waals surface area contributed by atoms with Gasteiger partial charge in [-0.2, -0.15) is 0 Å². The van der Waals surface area contributed by atoms with Gasteiger partial charge in [-0.15, -0.1) is 0 Å². The summed E-state index contributed by atoms with van der Waals surface area (Å²) in [5, 5.41) is 6.03. The average molecular weight is 284 g/mol. The highest BCUT2D eigenvalue weighted by atomic mass is 32.1. The molecule has 20 heavy (non-hydrogen) atoms. The van der Waals surface area contributed by atoms with E-state index in [1.165, 1.54) is 0 Å². The minimum absolute atomic E-state index is 0.123. The van der Waals surface area contributed by atoms with Crippen LogP contribution in [-0.4, -0.2) is 11.0 Å². The van der Waals surface area contributed by atoms with E-state index in [2.05, 4.69) is 10.6 Å². The van der Waals surface area contributed by atoms with Gasteiger partial charge in [0, 0.05) is 5.69 Å². The van der Waals surface area contributed by atoms with Gasteiger partial charge < -0.3 is 10.6 Å². The van der Waals surface area contributed by atoms with Gasteiger partial charge in [0.2, 0.25) is 5.91 Å². The molecule has 0 fully saturated rings. The summed E-state index contributed by atoms with van der Waals surface area (Å²) >= 11 is 5.15. The zero-order valence-electron chi connectivity index (χ0n) is 11.2. The standard InChI is InChI=1S/C16H16N2OS/c1-12-7-5-6-10-14(12)17-16(20)18-15(19)11-13-8-3-2-4-9-13/h2-10H,11H2,1H3,(H2,17,18,19,20). The number of anilines is 1. The van der Waals surface area contributed by atoms with Crippen molar-refractivity contribution < 1.29 is 4.79 Å². The van der Waals surface area contributed by atoms with E-state index >= 15 is 0 Å². The van der Waals surface area contributed by atoms with Gasteiger partial charge in [-0.25, -0.2) is 0 Å². The first-order valence-corrected chi connectivity index (χ1v) is 6.76. The summed E-state index contributed by atoms with van der Waals surface area (Å²) < 4.78 is 0. The number of para-hydroxylation sites is 1. The predicted octanol–water partition coefficient (Wildman–Crippen LogP) is 3.05. The van der Waals surface area contributed by atoms with Crippen LogP contribution in [0.5, 0.6) is 0 Å². The third-order valence-electron chi connectivity index (χ3n) is 2.85. The van der Waals surface area contributed by atoms with Gasteiger partial charge in [-0.05, 0) is 36.3 Å². The molecule has 2 aromatic rings. The number of thiocarbonyl (C=S) groups is 1. The maximum absolute atomic E-state index is 11.9. The highest BCUT2D eigenvalue weighted by Gasteiger charge is 2.06. The van der Waals surface area contributed by atoms with Crippen LogP contribution in [0.3, 0.4) is 0 Å². The number of hydrogen-bond donors (Lipinski definition) is 2. The summed E-state index contributed by atoms with van der Waals surface area (Å²) in [6.45, 7) is 1.98. The number of carbonyl (C=O) groups excluding carboxylic acids is 1. The Morgan fingerprint density at radius 2 is 1.70 bits per heavy atom. The van der Waals surface area contributed by atoms with Gasteiger partial charge >= 0.3 is 0 Å². The van der Waals surface area contributed by atoms with Crippen LogP contribution in [0.1, 0.15) is 11.1 Å². The van der Waals surface area contributed by atoms with Crippen LogP contribution in [0.25, 0.3) is 0 Å². The van der Waals surface area contributed by atoms with Crippen LogP contribution in [0.2, 0.25) is 0 Å². The van der Waals surface area contributed by atoms with Crippen molar-refractivity contribution >= 4 is 28.9 Å². The fraction of sp³-hybridized carbons (Fsp3) is 0.125. The Morgan fingerprint density at radius 3 is 2.40 bits per heavy atom. The largest absolute Gasteiger partial charge is 0.332 e. The smallest absolute Gasteiger partial charge is 0.230 e. The summed E-state index contributed by atoms with van der Waals surface area (Å²) in [6.07, 6.45) is 0.316. The highest BCUT2D eigenvalue weighted by Crippen LogP contribution is 2.12. The Hall–Kier alpha value is -2.20. The Balaban J connectivity index is 1.89. The van der Waals surface area contributed by atoms with Gasteiger partial charge in [-0.3, -0.25) is 4.79 Å². The molecule has 1 amide bonds. The van der Waals surface area contributed by atoms with Gasteiger partial charge in [-0.1, -0.05) is 48.5 Å². The Bertz CT molecular complexity index is 611. The number of nitrogens with one attached hydrogen (secondary N) is 2. The van der Waals surface area contributed by atoms with E-state index in [-0.39, 0.29) is 5.91 Å². The number of aryl methyl sites for hydroxylation is 1. The lowest BCUT2D eigenvalue weighted by atomic mass is 10.1. The van der Waals surface area contributed by atoms with Crippen LogP contribution in [0, 0.1) is 6.92 Å². The van der Waals surface area contributed by atoms with Crippen molar-refractivity contribution in [3.63, 3.8) is 0 Å². The summed E-state index contributed by atoms with van der Waals surface area (Å²) in [5.74, 6) is -0.123. The number of hydrogen-bond acceptors (Lipinski definition) is 2. The molecule has 0 bridgehead atoms. The summed E-state index contributed by atoms with van der Waals surface area (Å²) in [6, 6.07) is 17.3. The van der Waals surface area contributed by atoms with Gasteiger partial charge in [0.15, 0.2) is 5.11 Å². The van der Waals surface area contributed by atoms with Gasteiger partial charge in [0.1, 0.15) is 0 Å². The summed E-state index contributed by atoms with van der Waals surface area (Å²) in [4.78, 5) is 11.9. The molecule has 0 saturated carbocycles. The second kappa shape index (κ2) is 6.82. The third kappa shape index (κ3) is 4.17. The van der Waals surface area contributed by atoms with Crippen LogP contribution < -0.4 is 10.6 Å². The van der Waals surface area contributed by atoms with Crippen LogP contribution >= 0.6 is 12.2 Å². The molecule has 4 heteroatoms. The molecule has 0 atom stereocenters. The lowest BCUT2D eigenvalue weighted by molar-refractivity contribution is -0.119. The number of carbonyl (C=O) groups is 1. The summed E-state index contributed by atoms with van der Waals surface area (Å²) in [5.41, 5.74) is 2.94. The molecule has 0 radical (unpaired) electrons. The molecule has 0 unspecified atom stereocenters. The number of benzene rings is 2. The molecule has 0 aliphatic carbocycles. The van der Waals surface area contributed by atoms with E-state index in [1.54, 1.807) is 0 Å². The molecule has 2 rings (SSSR count). The fourth-order valence-corrected chi connectivity index (χ4v) is 2.04. The summed E-state index contributed by atoms with van der Waals surface area (Å²) in [7, 11) is 0. The lowest BCUT2D eigenvalue weighted by Crippen LogP contribution is -2.35. The topological polar surface area (TPSA) is 41.1 Å². The van der Waals surface area contributed by atoms with Crippen LogP contribution in [0.4, 0.5) is 5.69 Å². The minimum Gasteiger partial charge on any atom is -0.332 e. The van der Waals surface area contributed by atoms with E-state index in [0.717, 1.165) is 16.8 Å². The van der Waals surface area contributed by atoms with E-state index in [9.17, 15) is 4.79 Å². The molecule has 0 aromatic heterocycles. The van der Waals surface area contributed by atoms with Crippen LogP contribution in [-0.2, 0) is 11.2 Å². The first-order valence-electron chi connectivity index (χ1n) is 6.35. The van der Waals surface area contributed by atoms with Crippen molar-refractivity contribution in [3.05, 3.63) is 65.7 Å². The Morgan fingerprint density at radius 1 is 1.05 bits per heavy atom. The van der Waals surface area contributed by atoms with Crippen molar-refractivity contribution in [2.24, 2.45) is 0 Å². The zero-order valence-corrected chi connectivity index (χ0v) is 12.0. The number of rotatable bonds is 3. The molecule has 0 heterocycles. The molecule has 3 nitrogen and oxygen atoms in total. The van der Waals surface area contributed by atoms with E-state index in [0.29, 0.717) is 11.5 Å². The molecule has 0 aliphatic heterocycles. The monoisotopic (exact) mass is 284 g/mol.